The first kappa shape index (κ1) is 31.5. The van der Waals surface area contributed by atoms with E-state index in [1.807, 2.05) is 0 Å². The Hall–Kier alpha value is -4.41. The summed E-state index contributed by atoms with van der Waals surface area (Å²) in [5.41, 5.74) is 0.505. The van der Waals surface area contributed by atoms with Crippen LogP contribution in [0.3, 0.4) is 0 Å². The second-order valence-electron chi connectivity index (χ2n) is 11.0. The average Bonchev–Trinajstić information content (AvgIpc) is 3.35. The summed E-state index contributed by atoms with van der Waals surface area (Å²) >= 11 is 0. The minimum atomic E-state index is -4.62. The molecule has 0 amide bonds. The van der Waals surface area contributed by atoms with E-state index in [9.17, 15) is 28.0 Å². The number of methoxy groups -OCH3 is 2. The van der Waals surface area contributed by atoms with Crippen LogP contribution in [-0.4, -0.2) is 73.2 Å². The first-order chi connectivity index (χ1) is 20.3. The number of aromatic amines is 1. The van der Waals surface area contributed by atoms with Crippen molar-refractivity contribution in [3.63, 3.8) is 0 Å². The van der Waals surface area contributed by atoms with Crippen LogP contribution in [0.15, 0.2) is 58.5 Å². The number of H-pyrrole nitrogens is 1. The molecule has 0 spiro atoms. The molecular weight excluding hydrogens is 565 g/mol. The topological polar surface area (TPSA) is 113 Å². The Bertz CT molecular complexity index is 1630. The highest BCUT2D eigenvalue weighted by Gasteiger charge is 2.41. The van der Waals surface area contributed by atoms with Gasteiger partial charge in [0.1, 0.15) is 6.04 Å². The summed E-state index contributed by atoms with van der Waals surface area (Å²) < 4.78 is 53.1. The molecule has 228 valence electrons. The lowest BCUT2D eigenvalue weighted by Gasteiger charge is -2.36. The van der Waals surface area contributed by atoms with Crippen molar-refractivity contribution in [2.24, 2.45) is 0 Å². The molecule has 1 aromatic heterocycles. The summed E-state index contributed by atoms with van der Waals surface area (Å²) in [6.45, 7) is 3.72. The van der Waals surface area contributed by atoms with Crippen LogP contribution < -0.4 is 10.6 Å². The summed E-state index contributed by atoms with van der Waals surface area (Å²) in [6, 6.07) is 10.7. The molecule has 0 saturated heterocycles. The minimum Gasteiger partial charge on any atom is -0.466 e. The fourth-order valence-corrected chi connectivity index (χ4v) is 5.41. The Kier molecular flexibility index (Phi) is 9.12. The molecule has 1 atom stereocenters. The number of ether oxygens (including phenoxy) is 2. The molecule has 3 aromatic rings. The summed E-state index contributed by atoms with van der Waals surface area (Å²) in [5.74, 6) is -0.755. The maximum atomic E-state index is 13.6. The van der Waals surface area contributed by atoms with E-state index >= 15 is 0 Å². The van der Waals surface area contributed by atoms with Gasteiger partial charge in [-0.25, -0.2) is 19.3 Å². The van der Waals surface area contributed by atoms with Crippen molar-refractivity contribution in [1.29, 1.82) is 5.26 Å². The highest BCUT2D eigenvalue weighted by Crippen LogP contribution is 2.43. The molecule has 0 bridgehead atoms. The fourth-order valence-electron chi connectivity index (χ4n) is 5.41. The van der Waals surface area contributed by atoms with Crippen molar-refractivity contribution in [3.8, 4) is 6.07 Å². The van der Waals surface area contributed by atoms with Gasteiger partial charge in [0.05, 0.1) is 63.7 Å². The zero-order valence-electron chi connectivity index (χ0n) is 24.7. The lowest BCUT2D eigenvalue weighted by Crippen LogP contribution is -2.42. The number of benzene rings is 2. The molecule has 13 heteroatoms. The van der Waals surface area contributed by atoms with E-state index in [-0.39, 0.29) is 22.9 Å². The number of anilines is 2. The maximum absolute atomic E-state index is 13.6. The van der Waals surface area contributed by atoms with Gasteiger partial charge in [-0.3, -0.25) is 4.90 Å². The quantitative estimate of drug-likeness (QED) is 0.210. The normalized spacial score (nSPS) is 15.3. The number of alkyl halides is 3. The van der Waals surface area contributed by atoms with Gasteiger partial charge in [0, 0.05) is 31.3 Å². The number of quaternary nitrogens is 1. The van der Waals surface area contributed by atoms with E-state index in [0.717, 1.165) is 30.7 Å². The number of fused-ring (bicyclic) bond motifs is 1. The molecule has 0 fully saturated rings. The van der Waals surface area contributed by atoms with Crippen LogP contribution in [0.1, 0.15) is 41.6 Å². The van der Waals surface area contributed by atoms with Gasteiger partial charge < -0.3 is 14.0 Å². The smallest absolute Gasteiger partial charge is 0.416 e. The predicted octanol–water partition coefficient (Wildman–Crippen LogP) is 4.31. The SMILES string of the molecule is COCCC[N+](C)(C)CCc1cc(C#N)ccc1C1C(C(=O)OC)=C(C)N(c2cccc(C(F)(F)F)c2)c2n[nH]c(=O)n21. The van der Waals surface area contributed by atoms with Crippen LogP contribution in [0.5, 0.6) is 0 Å². The van der Waals surface area contributed by atoms with Gasteiger partial charge in [-0.15, -0.1) is 5.10 Å². The molecule has 2 heterocycles. The number of nitrogens with one attached hydrogen (secondary N) is 1. The number of hydrogen-bond acceptors (Lipinski definition) is 7. The molecule has 43 heavy (non-hydrogen) atoms. The maximum Gasteiger partial charge on any atom is 0.416 e. The number of allylic oxidation sites excluding steroid dienone is 1. The minimum absolute atomic E-state index is 0.00506. The third-order valence-corrected chi connectivity index (χ3v) is 7.64. The van der Waals surface area contributed by atoms with E-state index in [2.05, 4.69) is 30.4 Å². The van der Waals surface area contributed by atoms with Crippen molar-refractivity contribution < 1.29 is 31.9 Å². The monoisotopic (exact) mass is 599 g/mol. The highest BCUT2D eigenvalue weighted by atomic mass is 19.4. The summed E-state index contributed by atoms with van der Waals surface area (Å²) in [6.07, 6.45) is -3.26. The lowest BCUT2D eigenvalue weighted by atomic mass is 9.89. The number of rotatable bonds is 10. The van der Waals surface area contributed by atoms with Gasteiger partial charge in [-0.05, 0) is 48.4 Å². The Morgan fingerprint density at radius 1 is 1.16 bits per heavy atom. The van der Waals surface area contributed by atoms with Crippen LogP contribution in [0.4, 0.5) is 24.8 Å². The number of halogens is 3. The molecule has 4 rings (SSSR count). The van der Waals surface area contributed by atoms with Crippen LogP contribution in [0.25, 0.3) is 0 Å². The number of likely N-dealkylation sites (N-methyl/N-ethyl adjacent to an activating group) is 1. The molecule has 0 radical (unpaired) electrons. The summed E-state index contributed by atoms with van der Waals surface area (Å²) in [5, 5.41) is 16.2. The Morgan fingerprint density at radius 2 is 1.91 bits per heavy atom. The molecule has 1 aliphatic rings. The number of esters is 1. The largest absolute Gasteiger partial charge is 0.466 e. The molecule has 2 aromatic carbocycles. The average molecular weight is 600 g/mol. The number of hydrogen-bond donors (Lipinski definition) is 1. The van der Waals surface area contributed by atoms with Crippen LogP contribution in [0, 0.1) is 11.3 Å². The summed E-state index contributed by atoms with van der Waals surface area (Å²) in [7, 11) is 7.01. The Morgan fingerprint density at radius 3 is 2.56 bits per heavy atom. The molecule has 0 saturated carbocycles. The standard InChI is InChI=1S/C30H33F3N6O4/c1-19-25(27(40)43-5)26(24-11-10-20(18-34)16-21(24)12-14-39(2,3)13-7-15-42-4)38-28(35-36-29(38)41)37(19)23-9-6-8-22(17-23)30(31,32)33/h6,8-11,16-17,26H,7,12-15H2,1-5H3/p+1. The Balaban J connectivity index is 1.90. The highest BCUT2D eigenvalue weighted by molar-refractivity contribution is 5.93. The molecular formula is C30H34F3N6O4+. The van der Waals surface area contributed by atoms with E-state index in [0.29, 0.717) is 35.2 Å². The molecule has 10 nitrogen and oxygen atoms in total. The molecule has 0 aliphatic carbocycles. The number of nitriles is 1. The summed E-state index contributed by atoms with van der Waals surface area (Å²) in [4.78, 5) is 28.0. The molecule has 1 N–H and O–H groups in total. The van der Waals surface area contributed by atoms with Crippen molar-refractivity contribution in [3.05, 3.63) is 86.5 Å². The van der Waals surface area contributed by atoms with Crippen molar-refractivity contribution in [2.75, 3.05) is 52.9 Å². The molecule has 1 aliphatic heterocycles. The predicted molar refractivity (Wildman–Crippen MR) is 152 cm³/mol. The number of nitrogens with zero attached hydrogens (tertiary/aromatic N) is 5. The van der Waals surface area contributed by atoms with Crippen molar-refractivity contribution in [1.82, 2.24) is 14.8 Å². The number of carbonyl (C=O) groups is 1. The van der Waals surface area contributed by atoms with Crippen molar-refractivity contribution in [2.45, 2.75) is 32.0 Å². The van der Waals surface area contributed by atoms with Gasteiger partial charge >= 0.3 is 17.8 Å². The van der Waals surface area contributed by atoms with Gasteiger partial charge in [-0.1, -0.05) is 12.1 Å². The fraction of sp³-hybridized carbons (Fsp3) is 0.400. The van der Waals surface area contributed by atoms with Crippen LogP contribution >= 0.6 is 0 Å². The van der Waals surface area contributed by atoms with E-state index in [4.69, 9.17) is 9.47 Å². The van der Waals surface area contributed by atoms with Crippen LogP contribution in [0.2, 0.25) is 0 Å². The third kappa shape index (κ3) is 6.50. The van der Waals surface area contributed by atoms with Gasteiger partial charge in [0.2, 0.25) is 5.95 Å². The third-order valence-electron chi connectivity index (χ3n) is 7.64. The zero-order valence-corrected chi connectivity index (χ0v) is 24.7. The van der Waals surface area contributed by atoms with Crippen LogP contribution in [-0.2, 0) is 26.9 Å². The van der Waals surface area contributed by atoms with Gasteiger partial charge in [0.15, 0.2) is 0 Å². The van der Waals surface area contributed by atoms with E-state index in [1.165, 1.54) is 28.7 Å². The first-order valence-electron chi connectivity index (χ1n) is 13.6. The number of aromatic nitrogens is 3. The lowest BCUT2D eigenvalue weighted by molar-refractivity contribution is -0.890. The van der Waals surface area contributed by atoms with Gasteiger partial charge in [-0.2, -0.15) is 18.4 Å². The number of carbonyl (C=O) groups excluding carboxylic acids is 1. The van der Waals surface area contributed by atoms with Crippen molar-refractivity contribution >= 4 is 17.6 Å². The van der Waals surface area contributed by atoms with E-state index in [1.54, 1.807) is 32.2 Å². The second kappa shape index (κ2) is 12.4. The molecule has 1 unspecified atom stereocenters. The van der Waals surface area contributed by atoms with E-state index < -0.39 is 29.4 Å². The zero-order chi connectivity index (χ0) is 31.5. The Labute approximate surface area is 247 Å². The first-order valence-corrected chi connectivity index (χ1v) is 13.6. The van der Waals surface area contributed by atoms with Gasteiger partial charge in [0.25, 0.3) is 0 Å². The second-order valence-corrected chi connectivity index (χ2v) is 11.0.